The van der Waals surface area contributed by atoms with E-state index in [1.54, 1.807) is 24.3 Å². The number of fused-ring (bicyclic) bond motifs is 1. The van der Waals surface area contributed by atoms with Crippen molar-refractivity contribution in [2.24, 2.45) is 0 Å². The topological polar surface area (TPSA) is 58.2 Å². The SMILES string of the molecule is O=C(/C=C/c1ccccc1Cl)Nc1cccc2c(NC(=O)/C=C/c3ccccc3Cl)cccc12. The zero-order valence-corrected chi connectivity index (χ0v) is 19.5. The van der Waals surface area contributed by atoms with E-state index in [1.807, 2.05) is 72.8 Å². The number of hydrogen-bond donors (Lipinski definition) is 2. The Morgan fingerprint density at radius 3 is 1.38 bits per heavy atom. The second-order valence-corrected chi connectivity index (χ2v) is 8.21. The summed E-state index contributed by atoms with van der Waals surface area (Å²) in [5, 5.41) is 8.54. The van der Waals surface area contributed by atoms with Crippen LogP contribution in [0, 0.1) is 0 Å². The molecule has 6 heteroatoms. The minimum atomic E-state index is -0.287. The maximum Gasteiger partial charge on any atom is 0.248 e. The van der Waals surface area contributed by atoms with Crippen molar-refractivity contribution >= 4 is 69.3 Å². The van der Waals surface area contributed by atoms with Crippen molar-refractivity contribution in [2.75, 3.05) is 10.6 Å². The highest BCUT2D eigenvalue weighted by atomic mass is 35.5. The minimum Gasteiger partial charge on any atom is -0.322 e. The Kier molecular flexibility index (Phi) is 7.43. The Morgan fingerprint density at radius 2 is 0.971 bits per heavy atom. The lowest BCUT2D eigenvalue weighted by Crippen LogP contribution is -2.10. The van der Waals surface area contributed by atoms with Gasteiger partial charge in [-0.05, 0) is 47.5 Å². The molecule has 0 atom stereocenters. The number of rotatable bonds is 6. The first-order valence-corrected chi connectivity index (χ1v) is 11.3. The number of anilines is 2. The summed E-state index contributed by atoms with van der Waals surface area (Å²) >= 11 is 12.3. The molecule has 0 bridgehead atoms. The molecule has 0 fully saturated rings. The van der Waals surface area contributed by atoms with Crippen LogP contribution in [0.4, 0.5) is 11.4 Å². The van der Waals surface area contributed by atoms with Gasteiger partial charge in [0, 0.05) is 44.3 Å². The van der Waals surface area contributed by atoms with Crippen LogP contribution in [0.1, 0.15) is 11.1 Å². The van der Waals surface area contributed by atoms with E-state index in [0.29, 0.717) is 21.4 Å². The first-order valence-electron chi connectivity index (χ1n) is 10.5. The molecule has 0 saturated carbocycles. The lowest BCUT2D eigenvalue weighted by atomic mass is 10.1. The smallest absolute Gasteiger partial charge is 0.248 e. The third-order valence-corrected chi connectivity index (χ3v) is 5.77. The molecule has 0 aliphatic rings. The predicted molar refractivity (Wildman–Crippen MR) is 142 cm³/mol. The van der Waals surface area contributed by atoms with E-state index in [1.165, 1.54) is 12.2 Å². The second kappa shape index (κ2) is 10.8. The van der Waals surface area contributed by atoms with Crippen LogP contribution in [0.2, 0.25) is 10.0 Å². The Hall–Kier alpha value is -3.86. The van der Waals surface area contributed by atoms with Crippen LogP contribution in [0.15, 0.2) is 97.1 Å². The molecule has 2 amide bonds. The van der Waals surface area contributed by atoms with Crippen molar-refractivity contribution in [1.29, 1.82) is 0 Å². The molecule has 4 nitrogen and oxygen atoms in total. The number of carbonyl (C=O) groups excluding carboxylic acids is 2. The van der Waals surface area contributed by atoms with Crippen LogP contribution in [-0.4, -0.2) is 11.8 Å². The van der Waals surface area contributed by atoms with Crippen molar-refractivity contribution in [3.05, 3.63) is 118 Å². The molecule has 0 heterocycles. The van der Waals surface area contributed by atoms with Gasteiger partial charge in [0.25, 0.3) is 0 Å². The van der Waals surface area contributed by atoms with Crippen molar-refractivity contribution in [3.63, 3.8) is 0 Å². The molecule has 0 unspecified atom stereocenters. The van der Waals surface area contributed by atoms with Gasteiger partial charge in [0.15, 0.2) is 0 Å². The average Bonchev–Trinajstić information content (AvgIpc) is 2.84. The standard InChI is InChI=1S/C28H20Cl2N2O2/c29-23-11-3-1-7-19(23)15-17-27(33)31-25-13-5-10-22-21(25)9-6-14-26(22)32-28(34)18-16-20-8-2-4-12-24(20)30/h1-18H,(H,31,33)(H,32,34)/b17-15+,18-16+. The van der Waals surface area contributed by atoms with Gasteiger partial charge in [0.2, 0.25) is 11.8 Å². The largest absolute Gasteiger partial charge is 0.322 e. The van der Waals surface area contributed by atoms with Gasteiger partial charge in [0.05, 0.1) is 0 Å². The zero-order valence-electron chi connectivity index (χ0n) is 18.0. The molecule has 0 saturated heterocycles. The summed E-state index contributed by atoms with van der Waals surface area (Å²) < 4.78 is 0. The zero-order chi connectivity index (χ0) is 23.9. The summed E-state index contributed by atoms with van der Waals surface area (Å²) in [7, 11) is 0. The lowest BCUT2D eigenvalue weighted by Gasteiger charge is -2.11. The normalized spacial score (nSPS) is 11.2. The summed E-state index contributed by atoms with van der Waals surface area (Å²) in [4.78, 5) is 25.0. The number of nitrogens with one attached hydrogen (secondary N) is 2. The molecule has 34 heavy (non-hydrogen) atoms. The fraction of sp³-hybridized carbons (Fsp3) is 0. The van der Waals surface area contributed by atoms with Crippen molar-refractivity contribution in [1.82, 2.24) is 0 Å². The van der Waals surface area contributed by atoms with Gasteiger partial charge >= 0.3 is 0 Å². The molecule has 4 rings (SSSR count). The van der Waals surface area contributed by atoms with E-state index in [2.05, 4.69) is 10.6 Å². The summed E-state index contributed by atoms with van der Waals surface area (Å²) in [6, 6.07) is 25.6. The van der Waals surface area contributed by atoms with Crippen LogP contribution in [-0.2, 0) is 9.59 Å². The number of amides is 2. The van der Waals surface area contributed by atoms with Gasteiger partial charge in [-0.25, -0.2) is 0 Å². The van der Waals surface area contributed by atoms with Gasteiger partial charge in [-0.3, -0.25) is 9.59 Å². The van der Waals surface area contributed by atoms with E-state index in [-0.39, 0.29) is 11.8 Å². The Balaban J connectivity index is 1.52. The van der Waals surface area contributed by atoms with Crippen LogP contribution < -0.4 is 10.6 Å². The lowest BCUT2D eigenvalue weighted by molar-refractivity contribution is -0.112. The molecule has 0 aliphatic heterocycles. The average molecular weight is 487 g/mol. The highest BCUT2D eigenvalue weighted by Gasteiger charge is 2.08. The molecule has 0 aliphatic carbocycles. The number of benzene rings is 4. The number of hydrogen-bond acceptors (Lipinski definition) is 2. The van der Waals surface area contributed by atoms with Gasteiger partial charge in [-0.15, -0.1) is 0 Å². The van der Waals surface area contributed by atoms with E-state index < -0.39 is 0 Å². The quantitative estimate of drug-likeness (QED) is 0.278. The van der Waals surface area contributed by atoms with Crippen molar-refractivity contribution in [2.45, 2.75) is 0 Å². The Labute approximate surface area is 207 Å². The number of halogens is 2. The monoisotopic (exact) mass is 486 g/mol. The van der Waals surface area contributed by atoms with E-state index in [9.17, 15) is 9.59 Å². The van der Waals surface area contributed by atoms with Crippen LogP contribution in [0.5, 0.6) is 0 Å². The highest BCUT2D eigenvalue weighted by Crippen LogP contribution is 2.29. The third-order valence-electron chi connectivity index (χ3n) is 5.08. The fourth-order valence-electron chi connectivity index (χ4n) is 3.43. The molecule has 0 radical (unpaired) electrons. The predicted octanol–water partition coefficient (Wildman–Crippen LogP) is 7.45. The van der Waals surface area contributed by atoms with Crippen LogP contribution in [0.25, 0.3) is 22.9 Å². The third kappa shape index (κ3) is 5.73. The highest BCUT2D eigenvalue weighted by molar-refractivity contribution is 6.32. The molecule has 168 valence electrons. The maximum atomic E-state index is 12.5. The van der Waals surface area contributed by atoms with Crippen LogP contribution in [0.3, 0.4) is 0 Å². The van der Waals surface area contributed by atoms with E-state index in [4.69, 9.17) is 23.2 Å². The molecule has 4 aromatic carbocycles. The molecular formula is C28H20Cl2N2O2. The van der Waals surface area contributed by atoms with E-state index in [0.717, 1.165) is 21.9 Å². The Morgan fingerprint density at radius 1 is 0.559 bits per heavy atom. The van der Waals surface area contributed by atoms with Gasteiger partial charge in [-0.1, -0.05) is 83.9 Å². The van der Waals surface area contributed by atoms with Gasteiger partial charge < -0.3 is 10.6 Å². The molecule has 2 N–H and O–H groups in total. The van der Waals surface area contributed by atoms with E-state index >= 15 is 0 Å². The summed E-state index contributed by atoms with van der Waals surface area (Å²) in [5.41, 5.74) is 2.78. The number of carbonyl (C=O) groups is 2. The fourth-order valence-corrected chi connectivity index (χ4v) is 3.83. The summed E-state index contributed by atoms with van der Waals surface area (Å²) in [6.45, 7) is 0. The summed E-state index contributed by atoms with van der Waals surface area (Å²) in [5.74, 6) is -0.575. The Bertz CT molecular complexity index is 1320. The molecule has 4 aromatic rings. The maximum absolute atomic E-state index is 12.5. The first-order chi connectivity index (χ1) is 16.5. The molecule has 0 spiro atoms. The molecular weight excluding hydrogens is 467 g/mol. The van der Waals surface area contributed by atoms with Crippen molar-refractivity contribution < 1.29 is 9.59 Å². The first kappa shape index (κ1) is 23.3. The van der Waals surface area contributed by atoms with Crippen LogP contribution >= 0.6 is 23.2 Å². The van der Waals surface area contributed by atoms with Gasteiger partial charge in [-0.2, -0.15) is 0 Å². The molecule has 0 aromatic heterocycles. The minimum absolute atomic E-state index is 0.287. The van der Waals surface area contributed by atoms with Crippen molar-refractivity contribution in [3.8, 4) is 0 Å². The second-order valence-electron chi connectivity index (χ2n) is 7.39. The summed E-state index contributed by atoms with van der Waals surface area (Å²) in [6.07, 6.45) is 6.20. The van der Waals surface area contributed by atoms with Gasteiger partial charge in [0.1, 0.15) is 0 Å².